The van der Waals surface area contributed by atoms with Crippen molar-refractivity contribution in [2.75, 3.05) is 64.9 Å². The predicted molar refractivity (Wildman–Crippen MR) is 117 cm³/mol. The number of amides is 1. The summed E-state index contributed by atoms with van der Waals surface area (Å²) in [5, 5.41) is 6.60. The van der Waals surface area contributed by atoms with Crippen molar-refractivity contribution < 1.29 is 9.53 Å². The number of nitrogens with zero attached hydrogens (tertiary/aromatic N) is 3. The fourth-order valence-electron chi connectivity index (χ4n) is 4.13. The van der Waals surface area contributed by atoms with Crippen molar-refractivity contribution in [2.24, 2.45) is 10.4 Å². The van der Waals surface area contributed by atoms with Crippen LogP contribution in [0.4, 0.5) is 5.69 Å². The minimum absolute atomic E-state index is 0.124. The molecule has 7 heteroatoms. The maximum atomic E-state index is 12.6. The third-order valence-electron chi connectivity index (χ3n) is 6.27. The van der Waals surface area contributed by atoms with Crippen LogP contribution in [0.2, 0.25) is 0 Å². The number of carbonyl (C=O) groups excluding carboxylic acids is 1. The largest absolute Gasteiger partial charge is 0.385 e. The van der Waals surface area contributed by atoms with Crippen molar-refractivity contribution in [3.8, 4) is 0 Å². The zero-order valence-corrected chi connectivity index (χ0v) is 17.8. The minimum Gasteiger partial charge on any atom is -0.385 e. The number of aliphatic imine (C=N–C) groups is 1. The molecule has 0 atom stereocenters. The molecule has 0 unspecified atom stereocenters. The van der Waals surface area contributed by atoms with Crippen LogP contribution in [0.15, 0.2) is 35.3 Å². The highest BCUT2D eigenvalue weighted by Gasteiger charge is 2.36. The molecular formula is C22H35N5O2. The highest BCUT2D eigenvalue weighted by molar-refractivity contribution is 5.86. The SMILES string of the molecule is CN=C(NCC(=O)N1CCN(c2ccccc2)CC1)NCC1(CCOC)CCC1. The van der Waals surface area contributed by atoms with Gasteiger partial charge in [0.25, 0.3) is 0 Å². The van der Waals surface area contributed by atoms with Crippen molar-refractivity contribution in [1.29, 1.82) is 0 Å². The Balaban J connectivity index is 1.39. The maximum Gasteiger partial charge on any atom is 0.242 e. The van der Waals surface area contributed by atoms with Gasteiger partial charge in [-0.3, -0.25) is 9.79 Å². The van der Waals surface area contributed by atoms with E-state index in [-0.39, 0.29) is 12.5 Å². The first kappa shape index (κ1) is 21.4. The summed E-state index contributed by atoms with van der Waals surface area (Å²) in [5.41, 5.74) is 1.53. The monoisotopic (exact) mass is 401 g/mol. The summed E-state index contributed by atoms with van der Waals surface area (Å²) in [6.07, 6.45) is 4.80. The van der Waals surface area contributed by atoms with E-state index in [1.54, 1.807) is 14.2 Å². The van der Waals surface area contributed by atoms with Gasteiger partial charge in [0, 0.05) is 59.2 Å². The number of hydrogen-bond acceptors (Lipinski definition) is 4. The summed E-state index contributed by atoms with van der Waals surface area (Å²) in [4.78, 5) is 21.2. The van der Waals surface area contributed by atoms with Crippen molar-refractivity contribution >= 4 is 17.6 Å². The average Bonchev–Trinajstić information content (AvgIpc) is 2.75. The van der Waals surface area contributed by atoms with Gasteiger partial charge in [-0.25, -0.2) is 0 Å². The van der Waals surface area contributed by atoms with Gasteiger partial charge in [0.15, 0.2) is 5.96 Å². The highest BCUT2D eigenvalue weighted by Crippen LogP contribution is 2.43. The normalized spacial score (nSPS) is 18.9. The molecule has 2 N–H and O–H groups in total. The molecule has 1 aliphatic heterocycles. The van der Waals surface area contributed by atoms with Crippen LogP contribution in [-0.2, 0) is 9.53 Å². The maximum absolute atomic E-state index is 12.6. The molecule has 1 saturated heterocycles. The van der Waals surface area contributed by atoms with Crippen LogP contribution in [0.25, 0.3) is 0 Å². The number of nitrogens with one attached hydrogen (secondary N) is 2. The summed E-state index contributed by atoms with van der Waals surface area (Å²) in [6, 6.07) is 10.4. The van der Waals surface area contributed by atoms with E-state index in [9.17, 15) is 4.79 Å². The van der Waals surface area contributed by atoms with Crippen molar-refractivity contribution in [3.63, 3.8) is 0 Å². The first-order valence-corrected chi connectivity index (χ1v) is 10.7. The molecule has 2 aliphatic rings. The average molecular weight is 402 g/mol. The van der Waals surface area contributed by atoms with E-state index in [2.05, 4.69) is 44.8 Å². The van der Waals surface area contributed by atoms with Gasteiger partial charge in [0.05, 0.1) is 6.54 Å². The topological polar surface area (TPSA) is 69.2 Å². The Labute approximate surface area is 174 Å². The van der Waals surface area contributed by atoms with E-state index in [1.807, 2.05) is 11.0 Å². The molecule has 160 valence electrons. The molecule has 1 aliphatic carbocycles. The Morgan fingerprint density at radius 1 is 1.14 bits per heavy atom. The molecule has 1 saturated carbocycles. The smallest absolute Gasteiger partial charge is 0.242 e. The Morgan fingerprint density at radius 3 is 2.45 bits per heavy atom. The van der Waals surface area contributed by atoms with E-state index in [1.165, 1.54) is 24.9 Å². The van der Waals surface area contributed by atoms with Crippen LogP contribution in [0.1, 0.15) is 25.7 Å². The number of carbonyl (C=O) groups is 1. The Morgan fingerprint density at radius 2 is 1.86 bits per heavy atom. The molecule has 29 heavy (non-hydrogen) atoms. The lowest BCUT2D eigenvalue weighted by Gasteiger charge is -2.42. The lowest BCUT2D eigenvalue weighted by molar-refractivity contribution is -0.130. The zero-order chi connectivity index (χ0) is 20.5. The number of piperazine rings is 1. The van der Waals surface area contributed by atoms with Gasteiger partial charge in [0.1, 0.15) is 0 Å². The third kappa shape index (κ3) is 5.85. The number of ether oxygens (including phenoxy) is 1. The summed E-state index contributed by atoms with van der Waals surface area (Å²) in [5.74, 6) is 0.823. The van der Waals surface area contributed by atoms with Crippen LogP contribution in [-0.4, -0.2) is 76.8 Å². The van der Waals surface area contributed by atoms with Gasteiger partial charge >= 0.3 is 0 Å². The Bertz CT molecular complexity index is 667. The number of rotatable bonds is 8. The molecular weight excluding hydrogens is 366 g/mol. The molecule has 2 fully saturated rings. The molecule has 1 heterocycles. The van der Waals surface area contributed by atoms with E-state index < -0.39 is 0 Å². The van der Waals surface area contributed by atoms with Gasteiger partial charge in [0.2, 0.25) is 5.91 Å². The van der Waals surface area contributed by atoms with Gasteiger partial charge in [-0.1, -0.05) is 24.6 Å². The van der Waals surface area contributed by atoms with E-state index in [0.29, 0.717) is 11.4 Å². The van der Waals surface area contributed by atoms with Crippen molar-refractivity contribution in [1.82, 2.24) is 15.5 Å². The van der Waals surface area contributed by atoms with Crippen LogP contribution < -0.4 is 15.5 Å². The second kappa shape index (κ2) is 10.5. The van der Waals surface area contributed by atoms with Crippen LogP contribution in [0.3, 0.4) is 0 Å². The summed E-state index contributed by atoms with van der Waals surface area (Å²) < 4.78 is 5.26. The molecule has 1 aromatic rings. The molecule has 3 rings (SSSR count). The van der Waals surface area contributed by atoms with Crippen molar-refractivity contribution in [2.45, 2.75) is 25.7 Å². The fraction of sp³-hybridized carbons (Fsp3) is 0.636. The summed E-state index contributed by atoms with van der Waals surface area (Å²) in [7, 11) is 3.51. The number of anilines is 1. The lowest BCUT2D eigenvalue weighted by Crippen LogP contribution is -2.53. The molecule has 1 aromatic carbocycles. The second-order valence-corrected chi connectivity index (χ2v) is 8.08. The number of para-hydroxylation sites is 1. The second-order valence-electron chi connectivity index (χ2n) is 8.08. The first-order valence-electron chi connectivity index (χ1n) is 10.7. The fourth-order valence-corrected chi connectivity index (χ4v) is 4.13. The van der Waals surface area contributed by atoms with Crippen LogP contribution in [0, 0.1) is 5.41 Å². The number of benzene rings is 1. The summed E-state index contributed by atoms with van der Waals surface area (Å²) >= 11 is 0. The van der Waals surface area contributed by atoms with Gasteiger partial charge in [-0.15, -0.1) is 0 Å². The molecule has 7 nitrogen and oxygen atoms in total. The van der Waals surface area contributed by atoms with E-state index >= 15 is 0 Å². The molecule has 0 aromatic heterocycles. The van der Waals surface area contributed by atoms with E-state index in [0.717, 1.165) is 45.8 Å². The quantitative estimate of drug-likeness (QED) is 0.513. The number of guanidine groups is 1. The highest BCUT2D eigenvalue weighted by atomic mass is 16.5. The Hall–Kier alpha value is -2.28. The Kier molecular flexibility index (Phi) is 7.75. The van der Waals surface area contributed by atoms with Gasteiger partial charge in [-0.2, -0.15) is 0 Å². The first-order chi connectivity index (χ1) is 14.2. The summed E-state index contributed by atoms with van der Waals surface area (Å²) in [6.45, 7) is 5.18. The zero-order valence-electron chi connectivity index (χ0n) is 17.8. The van der Waals surface area contributed by atoms with Gasteiger partial charge in [-0.05, 0) is 36.8 Å². The third-order valence-corrected chi connectivity index (χ3v) is 6.27. The predicted octanol–water partition coefficient (Wildman–Crippen LogP) is 1.71. The molecule has 0 radical (unpaired) electrons. The lowest BCUT2D eigenvalue weighted by atomic mass is 9.67. The van der Waals surface area contributed by atoms with Crippen LogP contribution >= 0.6 is 0 Å². The molecule has 1 amide bonds. The number of hydrogen-bond donors (Lipinski definition) is 2. The van der Waals surface area contributed by atoms with Crippen LogP contribution in [0.5, 0.6) is 0 Å². The standard InChI is InChI=1S/C22H35N5O2/c1-23-21(25-18-22(9-6-10-22)11-16-29-2)24-17-20(28)27-14-12-26(13-15-27)19-7-4-3-5-8-19/h3-5,7-8H,6,9-18H2,1-2H3,(H2,23,24,25). The van der Waals surface area contributed by atoms with E-state index in [4.69, 9.17) is 4.74 Å². The molecule has 0 bridgehead atoms. The number of methoxy groups -OCH3 is 1. The minimum atomic E-state index is 0.124. The molecule has 0 spiro atoms. The van der Waals surface area contributed by atoms with Gasteiger partial charge < -0.3 is 25.2 Å². The van der Waals surface area contributed by atoms with Crippen molar-refractivity contribution in [3.05, 3.63) is 30.3 Å².